The van der Waals surface area contributed by atoms with Crippen LogP contribution < -0.4 is 5.56 Å². The monoisotopic (exact) mass is 367 g/mol. The van der Waals surface area contributed by atoms with Gasteiger partial charge < -0.3 is 14.8 Å². The number of rotatable bonds is 10. The van der Waals surface area contributed by atoms with Gasteiger partial charge in [0.25, 0.3) is 5.56 Å². The van der Waals surface area contributed by atoms with Crippen molar-refractivity contribution in [3.8, 4) is 0 Å². The molecule has 2 aromatic rings. The second kappa shape index (κ2) is 9.43. The minimum atomic E-state index is -0.545. The highest BCUT2D eigenvalue weighted by atomic mass is 32.1. The van der Waals surface area contributed by atoms with Crippen molar-refractivity contribution in [3.05, 3.63) is 27.1 Å². The number of nitrogens with one attached hydrogen (secondary N) is 1. The Bertz CT molecular complexity index is 726. The van der Waals surface area contributed by atoms with Crippen molar-refractivity contribution in [2.75, 3.05) is 26.3 Å². The van der Waals surface area contributed by atoms with Gasteiger partial charge in [0.2, 0.25) is 0 Å². The first-order valence-electron chi connectivity index (χ1n) is 8.95. The zero-order chi connectivity index (χ0) is 18.4. The molecule has 2 rings (SSSR count). The molecule has 0 saturated carbocycles. The molecule has 0 aliphatic rings. The fourth-order valence-corrected chi connectivity index (χ4v) is 3.77. The number of fused-ring (bicyclic) bond motifs is 1. The Morgan fingerprint density at radius 3 is 2.80 bits per heavy atom. The lowest BCUT2D eigenvalue weighted by molar-refractivity contribution is 0.0192. The van der Waals surface area contributed by atoms with Crippen LogP contribution in [0, 0.1) is 0 Å². The third-order valence-electron chi connectivity index (χ3n) is 3.94. The molecule has 25 heavy (non-hydrogen) atoms. The molecule has 0 bridgehead atoms. The number of aliphatic hydroxyl groups excluding tert-OH is 1. The molecule has 1 atom stereocenters. The summed E-state index contributed by atoms with van der Waals surface area (Å²) in [5, 5.41) is 10.8. The lowest BCUT2D eigenvalue weighted by atomic mass is 10.2. The maximum absolute atomic E-state index is 12.4. The maximum atomic E-state index is 12.4. The Morgan fingerprint density at radius 2 is 2.16 bits per heavy atom. The second-order valence-electron chi connectivity index (χ2n) is 6.58. The second-order valence-corrected chi connectivity index (χ2v) is 7.65. The van der Waals surface area contributed by atoms with Crippen molar-refractivity contribution >= 4 is 21.6 Å². The summed E-state index contributed by atoms with van der Waals surface area (Å²) >= 11 is 1.58. The number of ether oxygens (including phenoxy) is 1. The number of thiophene rings is 1. The van der Waals surface area contributed by atoms with E-state index in [-0.39, 0.29) is 5.56 Å². The predicted octanol–water partition coefficient (Wildman–Crippen LogP) is 2.72. The van der Waals surface area contributed by atoms with Crippen LogP contribution in [0.2, 0.25) is 0 Å². The lowest BCUT2D eigenvalue weighted by Crippen LogP contribution is -2.36. The number of aromatic amines is 1. The number of H-pyrrole nitrogens is 1. The van der Waals surface area contributed by atoms with E-state index in [0.717, 1.165) is 17.8 Å². The molecule has 0 unspecified atom stereocenters. The van der Waals surface area contributed by atoms with Gasteiger partial charge in [0, 0.05) is 18.0 Å². The summed E-state index contributed by atoms with van der Waals surface area (Å²) in [7, 11) is 0. The van der Waals surface area contributed by atoms with Gasteiger partial charge in [-0.25, -0.2) is 4.98 Å². The summed E-state index contributed by atoms with van der Waals surface area (Å²) < 4.78 is 5.28. The largest absolute Gasteiger partial charge is 0.389 e. The predicted molar refractivity (Wildman–Crippen MR) is 102 cm³/mol. The first-order valence-corrected chi connectivity index (χ1v) is 9.77. The molecule has 0 amide bonds. The molecule has 0 aliphatic heterocycles. The van der Waals surface area contributed by atoms with Gasteiger partial charge in [0.05, 0.1) is 24.6 Å². The Hall–Kier alpha value is -1.28. The van der Waals surface area contributed by atoms with Gasteiger partial charge in [0.15, 0.2) is 0 Å². The van der Waals surface area contributed by atoms with Crippen molar-refractivity contribution in [3.63, 3.8) is 0 Å². The average Bonchev–Trinajstić information content (AvgIpc) is 2.98. The van der Waals surface area contributed by atoms with Crippen LogP contribution in [-0.2, 0) is 11.3 Å². The maximum Gasteiger partial charge on any atom is 0.259 e. The van der Waals surface area contributed by atoms with E-state index in [1.807, 2.05) is 13.0 Å². The molecule has 0 spiro atoms. The normalized spacial score (nSPS) is 13.2. The van der Waals surface area contributed by atoms with Gasteiger partial charge in [0.1, 0.15) is 10.7 Å². The molecule has 0 saturated heterocycles. The smallest absolute Gasteiger partial charge is 0.259 e. The number of nitrogens with zero attached hydrogens (tertiary/aromatic N) is 2. The van der Waals surface area contributed by atoms with Crippen molar-refractivity contribution in [1.82, 2.24) is 14.9 Å². The molecule has 140 valence electrons. The molecule has 2 heterocycles. The molecule has 6 nitrogen and oxygen atoms in total. The van der Waals surface area contributed by atoms with Crippen LogP contribution in [0.25, 0.3) is 10.2 Å². The highest BCUT2D eigenvalue weighted by molar-refractivity contribution is 7.18. The van der Waals surface area contributed by atoms with E-state index >= 15 is 0 Å². The Morgan fingerprint density at radius 1 is 1.40 bits per heavy atom. The van der Waals surface area contributed by atoms with Crippen LogP contribution in [0.3, 0.4) is 0 Å². The minimum absolute atomic E-state index is 0.0885. The van der Waals surface area contributed by atoms with Gasteiger partial charge in [-0.05, 0) is 31.9 Å². The van der Waals surface area contributed by atoms with E-state index in [9.17, 15) is 9.90 Å². The van der Waals surface area contributed by atoms with Crippen LogP contribution in [-0.4, -0.2) is 52.4 Å². The standard InChI is InChI=1S/C18H29N3O3S/c1-5-7-21(9-13(22)11-24-6-2)10-16-19-17(23)14-8-15(12(3)4)25-18(14)20-16/h8,12-13,22H,5-7,9-11H2,1-4H3,(H,19,20,23)/t13-/m0/s1. The number of hydrogen-bond acceptors (Lipinski definition) is 6. The molecule has 7 heteroatoms. The fraction of sp³-hybridized carbons (Fsp3) is 0.667. The topological polar surface area (TPSA) is 78.5 Å². The van der Waals surface area contributed by atoms with Gasteiger partial charge in [-0.15, -0.1) is 11.3 Å². The van der Waals surface area contributed by atoms with Crippen LogP contribution in [0.15, 0.2) is 10.9 Å². The van der Waals surface area contributed by atoms with E-state index in [4.69, 9.17) is 4.74 Å². The fourth-order valence-electron chi connectivity index (χ4n) is 2.72. The van der Waals surface area contributed by atoms with E-state index in [1.165, 1.54) is 4.88 Å². The van der Waals surface area contributed by atoms with Crippen LogP contribution in [0.4, 0.5) is 0 Å². The molecule has 0 aliphatic carbocycles. The van der Waals surface area contributed by atoms with Crippen LogP contribution in [0.1, 0.15) is 50.7 Å². The van der Waals surface area contributed by atoms with Crippen molar-refractivity contribution in [2.45, 2.75) is 52.7 Å². The first-order chi connectivity index (χ1) is 11.9. The molecule has 0 aromatic carbocycles. The lowest BCUT2D eigenvalue weighted by Gasteiger charge is -2.24. The first kappa shape index (κ1) is 20.0. The average molecular weight is 368 g/mol. The Labute approximate surface area is 152 Å². The zero-order valence-corrected chi connectivity index (χ0v) is 16.4. The summed E-state index contributed by atoms with van der Waals surface area (Å²) in [5.74, 6) is 1.03. The molecule has 0 fully saturated rings. The van der Waals surface area contributed by atoms with Crippen molar-refractivity contribution < 1.29 is 9.84 Å². The number of aromatic nitrogens is 2. The third kappa shape index (κ3) is 5.60. The highest BCUT2D eigenvalue weighted by Gasteiger charge is 2.15. The summed E-state index contributed by atoms with van der Waals surface area (Å²) in [4.78, 5) is 24.0. The summed E-state index contributed by atoms with van der Waals surface area (Å²) in [5.41, 5.74) is -0.0885. The highest BCUT2D eigenvalue weighted by Crippen LogP contribution is 2.27. The third-order valence-corrected chi connectivity index (χ3v) is 5.27. The summed E-state index contributed by atoms with van der Waals surface area (Å²) in [6, 6.07) is 1.94. The van der Waals surface area contributed by atoms with Gasteiger partial charge >= 0.3 is 0 Å². The van der Waals surface area contributed by atoms with E-state index in [1.54, 1.807) is 11.3 Å². The Kier molecular flexibility index (Phi) is 7.56. The van der Waals surface area contributed by atoms with Crippen LogP contribution in [0.5, 0.6) is 0 Å². The molecular formula is C18H29N3O3S. The molecule has 0 radical (unpaired) electrons. The SMILES string of the molecule is CCCN(Cc1nc2sc(C(C)C)cc2c(=O)[nH]1)C[C@H](O)COCC. The van der Waals surface area contributed by atoms with E-state index < -0.39 is 6.10 Å². The quantitative estimate of drug-likeness (QED) is 0.675. The van der Waals surface area contributed by atoms with Crippen LogP contribution >= 0.6 is 11.3 Å². The summed E-state index contributed by atoms with van der Waals surface area (Å²) in [6.07, 6.45) is 0.417. The van der Waals surface area contributed by atoms with Gasteiger partial charge in [-0.2, -0.15) is 0 Å². The number of hydrogen-bond donors (Lipinski definition) is 2. The zero-order valence-electron chi connectivity index (χ0n) is 15.5. The van der Waals surface area contributed by atoms with Gasteiger partial charge in [-0.3, -0.25) is 9.69 Å². The Balaban J connectivity index is 2.16. The van der Waals surface area contributed by atoms with E-state index in [2.05, 4.69) is 35.6 Å². The van der Waals surface area contributed by atoms with Crippen molar-refractivity contribution in [1.29, 1.82) is 0 Å². The minimum Gasteiger partial charge on any atom is -0.389 e. The van der Waals surface area contributed by atoms with Crippen molar-refractivity contribution in [2.24, 2.45) is 0 Å². The van der Waals surface area contributed by atoms with Gasteiger partial charge in [-0.1, -0.05) is 20.8 Å². The molecule has 2 N–H and O–H groups in total. The molecule has 2 aromatic heterocycles. The van der Waals surface area contributed by atoms with E-state index in [0.29, 0.717) is 43.4 Å². The number of aliphatic hydroxyl groups is 1. The summed E-state index contributed by atoms with van der Waals surface area (Å²) in [6.45, 7) is 11.0. The molecular weight excluding hydrogens is 338 g/mol.